The summed E-state index contributed by atoms with van der Waals surface area (Å²) in [5.41, 5.74) is 14.0. The van der Waals surface area contributed by atoms with Crippen molar-refractivity contribution in [2.45, 2.75) is 19.8 Å². The van der Waals surface area contributed by atoms with Crippen molar-refractivity contribution < 1.29 is 0 Å². The average Bonchev–Trinajstić information content (AvgIpc) is 3.63. The Morgan fingerprint density at radius 3 is 1.84 bits per heavy atom. The van der Waals surface area contributed by atoms with Crippen LogP contribution in [-0.4, -0.2) is 9.55 Å². The van der Waals surface area contributed by atoms with E-state index in [2.05, 4.69) is 202 Å². The van der Waals surface area contributed by atoms with Crippen LogP contribution in [0, 0.1) is 12.3 Å². The fourth-order valence-electron chi connectivity index (χ4n) is 8.03. The first-order chi connectivity index (χ1) is 28.7. The number of benzene rings is 6. The van der Waals surface area contributed by atoms with Gasteiger partial charge in [-0.05, 0) is 122 Å². The summed E-state index contributed by atoms with van der Waals surface area (Å²) in [7, 11) is 0. The van der Waals surface area contributed by atoms with Crippen molar-refractivity contribution in [3.05, 3.63) is 218 Å². The highest BCUT2D eigenvalue weighted by atomic mass is 15.2. The van der Waals surface area contributed by atoms with Crippen molar-refractivity contribution in [2.75, 3.05) is 9.80 Å². The van der Waals surface area contributed by atoms with E-state index in [0.29, 0.717) is 0 Å². The van der Waals surface area contributed by atoms with Gasteiger partial charge in [-0.3, -0.25) is 4.98 Å². The third-order valence-corrected chi connectivity index (χ3v) is 10.7. The standard InChI is InChI=1S/C54H42N4/c1-3-5-19-44(4-2)56(45-20-9-6-10-21-45)48-32-30-40(31-33-48)42-34-43(39-55-38-42)41-35-49(57(46-22-11-7-12-23-46)47-24-13-8-14-25-47)37-50(36-41)58-53-28-17-15-26-51(53)52-27-16-18-29-54(52)58/h1,4-5,7-9,11-39H,6,10H2,2H3/b19-5-,44-4+. The lowest BCUT2D eigenvalue weighted by Crippen LogP contribution is -2.20. The minimum Gasteiger partial charge on any atom is -0.311 e. The van der Waals surface area contributed by atoms with Crippen LogP contribution in [0.1, 0.15) is 19.8 Å². The van der Waals surface area contributed by atoms with Gasteiger partial charge in [-0.2, -0.15) is 0 Å². The van der Waals surface area contributed by atoms with E-state index in [1.165, 1.54) is 10.8 Å². The minimum absolute atomic E-state index is 1.00. The molecule has 0 fully saturated rings. The van der Waals surface area contributed by atoms with Gasteiger partial charge in [0.1, 0.15) is 0 Å². The molecule has 1 aliphatic carbocycles. The second-order valence-corrected chi connectivity index (χ2v) is 14.3. The molecule has 1 aliphatic rings. The molecule has 0 spiro atoms. The van der Waals surface area contributed by atoms with Crippen LogP contribution in [0.2, 0.25) is 0 Å². The number of hydrogen-bond acceptors (Lipinski definition) is 3. The Labute approximate surface area is 340 Å². The lowest BCUT2D eigenvalue weighted by Gasteiger charge is -2.28. The fourth-order valence-corrected chi connectivity index (χ4v) is 8.03. The van der Waals surface area contributed by atoms with Gasteiger partial charge in [-0.1, -0.05) is 109 Å². The summed E-state index contributed by atoms with van der Waals surface area (Å²) in [6, 6.07) is 56.4. The molecule has 2 heterocycles. The molecule has 58 heavy (non-hydrogen) atoms. The van der Waals surface area contributed by atoms with E-state index < -0.39 is 0 Å². The number of hydrogen-bond donors (Lipinski definition) is 0. The number of terminal acetylenes is 1. The Morgan fingerprint density at radius 1 is 0.621 bits per heavy atom. The SMILES string of the molecule is C#C/C=C\C(=C/C)N(C1=CCCC=C1)c1ccc(-c2cncc(-c3cc(N(c4ccccc4)c4ccccc4)cc(-n4c5ccccc5c5ccccc54)c3)c2)cc1. The van der Waals surface area contributed by atoms with Gasteiger partial charge in [-0.25, -0.2) is 0 Å². The summed E-state index contributed by atoms with van der Waals surface area (Å²) in [5.74, 6) is 2.65. The highest BCUT2D eigenvalue weighted by molar-refractivity contribution is 6.09. The molecule has 0 aliphatic heterocycles. The highest BCUT2D eigenvalue weighted by Crippen LogP contribution is 2.41. The molecule has 0 atom stereocenters. The van der Waals surface area contributed by atoms with Crippen LogP contribution in [0.3, 0.4) is 0 Å². The molecule has 0 N–H and O–H groups in total. The largest absolute Gasteiger partial charge is 0.311 e. The van der Waals surface area contributed by atoms with Crippen molar-refractivity contribution in [3.63, 3.8) is 0 Å². The van der Waals surface area contributed by atoms with Crippen molar-refractivity contribution in [1.29, 1.82) is 0 Å². The third kappa shape index (κ3) is 7.02. The minimum atomic E-state index is 1.00. The van der Waals surface area contributed by atoms with Crippen LogP contribution >= 0.6 is 0 Å². The van der Waals surface area contributed by atoms with Gasteiger partial charge < -0.3 is 14.4 Å². The summed E-state index contributed by atoms with van der Waals surface area (Å²) in [4.78, 5) is 9.43. The van der Waals surface area contributed by atoms with E-state index in [4.69, 9.17) is 11.4 Å². The molecule has 4 nitrogen and oxygen atoms in total. The number of rotatable bonds is 10. The molecule has 0 saturated carbocycles. The van der Waals surface area contributed by atoms with Crippen molar-refractivity contribution in [2.24, 2.45) is 0 Å². The molecule has 0 amide bonds. The van der Waals surface area contributed by atoms with Crippen LogP contribution in [0.5, 0.6) is 0 Å². The maximum Gasteiger partial charge on any atom is 0.0541 e. The number of aromatic nitrogens is 2. The smallest absolute Gasteiger partial charge is 0.0541 e. The van der Waals surface area contributed by atoms with Crippen molar-refractivity contribution in [1.82, 2.24) is 9.55 Å². The fraction of sp³-hybridized carbons (Fsp3) is 0.0556. The first kappa shape index (κ1) is 36.1. The van der Waals surface area contributed by atoms with Gasteiger partial charge in [0.25, 0.3) is 0 Å². The van der Waals surface area contributed by atoms with Gasteiger partial charge in [0.05, 0.1) is 11.0 Å². The Balaban J connectivity index is 1.19. The van der Waals surface area contributed by atoms with Crippen LogP contribution in [-0.2, 0) is 0 Å². The van der Waals surface area contributed by atoms with E-state index in [0.717, 1.165) is 86.0 Å². The third-order valence-electron chi connectivity index (χ3n) is 10.7. The molecule has 6 aromatic carbocycles. The van der Waals surface area contributed by atoms with E-state index in [9.17, 15) is 0 Å². The van der Waals surface area contributed by atoms with Crippen molar-refractivity contribution >= 4 is 44.6 Å². The molecule has 9 rings (SSSR count). The lowest BCUT2D eigenvalue weighted by atomic mass is 10.00. The zero-order valence-electron chi connectivity index (χ0n) is 32.4. The zero-order valence-corrected chi connectivity index (χ0v) is 32.4. The molecular weight excluding hydrogens is 705 g/mol. The summed E-state index contributed by atoms with van der Waals surface area (Å²) in [5, 5.41) is 2.45. The molecule has 2 aromatic heterocycles. The van der Waals surface area contributed by atoms with E-state index in [1.54, 1.807) is 6.08 Å². The average molecular weight is 747 g/mol. The molecule has 0 unspecified atom stereocenters. The lowest BCUT2D eigenvalue weighted by molar-refractivity contribution is 0.986. The predicted octanol–water partition coefficient (Wildman–Crippen LogP) is 14.1. The van der Waals surface area contributed by atoms with Gasteiger partial charge in [0, 0.05) is 74.1 Å². The number of fused-ring (bicyclic) bond motifs is 3. The molecule has 0 saturated heterocycles. The Morgan fingerprint density at radius 2 is 1.24 bits per heavy atom. The second kappa shape index (κ2) is 16.2. The monoisotopic (exact) mass is 746 g/mol. The predicted molar refractivity (Wildman–Crippen MR) is 245 cm³/mol. The number of anilines is 4. The Kier molecular flexibility index (Phi) is 10.1. The molecule has 0 bridgehead atoms. The Bertz CT molecular complexity index is 2810. The van der Waals surface area contributed by atoms with Gasteiger partial charge in [-0.15, -0.1) is 6.42 Å². The number of allylic oxidation sites excluding steroid dienone is 6. The molecule has 8 aromatic rings. The molecular formula is C54H42N4. The summed E-state index contributed by atoms with van der Waals surface area (Å²) in [6.45, 7) is 2.04. The topological polar surface area (TPSA) is 24.3 Å². The number of nitrogens with zero attached hydrogens (tertiary/aromatic N) is 4. The maximum atomic E-state index is 5.62. The number of para-hydroxylation sites is 4. The zero-order chi connectivity index (χ0) is 39.3. The molecule has 278 valence electrons. The Hall–Kier alpha value is -7.61. The van der Waals surface area contributed by atoms with Gasteiger partial charge in [0.15, 0.2) is 0 Å². The van der Waals surface area contributed by atoms with Crippen LogP contribution < -0.4 is 9.80 Å². The summed E-state index contributed by atoms with van der Waals surface area (Å²) < 4.78 is 2.39. The van der Waals surface area contributed by atoms with Crippen LogP contribution in [0.25, 0.3) is 49.7 Å². The normalized spacial score (nSPS) is 12.8. The molecule has 4 heteroatoms. The van der Waals surface area contributed by atoms with Crippen LogP contribution in [0.15, 0.2) is 218 Å². The highest BCUT2D eigenvalue weighted by Gasteiger charge is 2.19. The molecule has 0 radical (unpaired) electrons. The maximum absolute atomic E-state index is 5.62. The van der Waals surface area contributed by atoms with Gasteiger partial charge >= 0.3 is 0 Å². The van der Waals surface area contributed by atoms with E-state index >= 15 is 0 Å². The van der Waals surface area contributed by atoms with E-state index in [1.807, 2.05) is 25.4 Å². The van der Waals surface area contributed by atoms with Crippen LogP contribution in [0.4, 0.5) is 22.7 Å². The second-order valence-electron chi connectivity index (χ2n) is 14.3. The van der Waals surface area contributed by atoms with E-state index in [-0.39, 0.29) is 0 Å². The summed E-state index contributed by atoms with van der Waals surface area (Å²) >= 11 is 0. The first-order valence-corrected chi connectivity index (χ1v) is 19.8. The van der Waals surface area contributed by atoms with Gasteiger partial charge in [0.2, 0.25) is 0 Å². The quantitative estimate of drug-likeness (QED) is 0.103. The number of pyridine rings is 1. The summed E-state index contributed by atoms with van der Waals surface area (Å²) in [6.07, 6.45) is 24.1. The first-order valence-electron chi connectivity index (χ1n) is 19.8. The van der Waals surface area contributed by atoms with Crippen molar-refractivity contribution in [3.8, 4) is 40.3 Å².